The average molecular weight is 275 g/mol. The number of nitrogens with zero attached hydrogens (tertiary/aromatic N) is 2. The fourth-order valence-electron chi connectivity index (χ4n) is 2.15. The molecule has 2 aromatic rings. The highest BCUT2D eigenvalue weighted by Crippen LogP contribution is 2.20. The minimum absolute atomic E-state index is 0.0239. The zero-order chi connectivity index (χ0) is 14.5. The minimum Gasteiger partial charge on any atom is -0.496 e. The van der Waals surface area contributed by atoms with Gasteiger partial charge in [-0.2, -0.15) is 0 Å². The number of imidazole rings is 1. The first kappa shape index (κ1) is 14.4. The number of hydrogen-bond acceptors (Lipinski definition) is 3. The van der Waals surface area contributed by atoms with Crippen molar-refractivity contribution in [2.45, 2.75) is 20.0 Å². The third kappa shape index (κ3) is 3.11. The van der Waals surface area contributed by atoms with Crippen LogP contribution in [0.5, 0.6) is 5.75 Å². The zero-order valence-corrected chi connectivity index (χ0v) is 12.2. The van der Waals surface area contributed by atoms with Crippen molar-refractivity contribution >= 4 is 0 Å². The van der Waals surface area contributed by atoms with Gasteiger partial charge in [-0.15, -0.1) is 0 Å². The Hall–Kier alpha value is -2.01. The van der Waals surface area contributed by atoms with Gasteiger partial charge in [-0.1, -0.05) is 13.0 Å². The van der Waals surface area contributed by atoms with E-state index >= 15 is 0 Å². The largest absolute Gasteiger partial charge is 0.496 e. The van der Waals surface area contributed by atoms with Gasteiger partial charge in [0.05, 0.1) is 13.7 Å². The smallest absolute Gasteiger partial charge is 0.328 e. The van der Waals surface area contributed by atoms with E-state index in [1.807, 2.05) is 12.1 Å². The molecule has 0 atom stereocenters. The van der Waals surface area contributed by atoms with Crippen LogP contribution in [0.1, 0.15) is 18.1 Å². The second kappa shape index (κ2) is 6.43. The molecule has 2 rings (SSSR count). The van der Waals surface area contributed by atoms with Gasteiger partial charge in [0.1, 0.15) is 5.75 Å². The molecule has 0 amide bonds. The minimum atomic E-state index is -0.0239. The Labute approximate surface area is 118 Å². The summed E-state index contributed by atoms with van der Waals surface area (Å²) in [5.74, 6) is 0.806. The summed E-state index contributed by atoms with van der Waals surface area (Å²) in [6.45, 7) is 4.34. The van der Waals surface area contributed by atoms with Crippen LogP contribution in [0.3, 0.4) is 0 Å². The van der Waals surface area contributed by atoms with Crippen molar-refractivity contribution in [1.29, 1.82) is 0 Å². The number of aryl methyl sites for hydroxylation is 1. The molecular formula is C15H21N3O2. The second-order valence-electron chi connectivity index (χ2n) is 4.75. The number of hydrogen-bond donors (Lipinski definition) is 1. The second-order valence-corrected chi connectivity index (χ2v) is 4.75. The van der Waals surface area contributed by atoms with Gasteiger partial charge in [-0.25, -0.2) is 4.79 Å². The highest BCUT2D eigenvalue weighted by Gasteiger charge is 2.07. The van der Waals surface area contributed by atoms with Gasteiger partial charge in [-0.3, -0.25) is 4.57 Å². The molecule has 0 saturated carbocycles. The lowest BCUT2D eigenvalue weighted by molar-refractivity contribution is 0.407. The number of aromatic nitrogens is 2. The number of rotatable bonds is 6. The predicted molar refractivity (Wildman–Crippen MR) is 79.1 cm³/mol. The topological polar surface area (TPSA) is 48.2 Å². The van der Waals surface area contributed by atoms with Crippen LogP contribution in [-0.4, -0.2) is 22.8 Å². The maximum atomic E-state index is 11.9. The first-order valence-electron chi connectivity index (χ1n) is 6.74. The highest BCUT2D eigenvalue weighted by molar-refractivity contribution is 5.37. The number of methoxy groups -OCH3 is 1. The fourth-order valence-corrected chi connectivity index (χ4v) is 2.15. The zero-order valence-electron chi connectivity index (χ0n) is 12.2. The third-order valence-electron chi connectivity index (χ3n) is 3.28. The summed E-state index contributed by atoms with van der Waals surface area (Å²) in [5.41, 5.74) is 2.17. The van der Waals surface area contributed by atoms with Crippen molar-refractivity contribution in [3.05, 3.63) is 52.2 Å². The van der Waals surface area contributed by atoms with Gasteiger partial charge in [0.2, 0.25) is 0 Å². The summed E-state index contributed by atoms with van der Waals surface area (Å²) < 4.78 is 8.62. The van der Waals surface area contributed by atoms with Crippen LogP contribution in [0.4, 0.5) is 0 Å². The Kier molecular flexibility index (Phi) is 4.63. The molecule has 0 aliphatic rings. The summed E-state index contributed by atoms with van der Waals surface area (Å²) in [6.07, 6.45) is 3.55. The Bertz CT molecular complexity index is 628. The lowest BCUT2D eigenvalue weighted by atomic mass is 10.1. The van der Waals surface area contributed by atoms with E-state index in [9.17, 15) is 4.79 Å². The van der Waals surface area contributed by atoms with Crippen molar-refractivity contribution in [2.75, 3.05) is 13.7 Å². The van der Waals surface area contributed by atoms with Crippen molar-refractivity contribution in [1.82, 2.24) is 14.5 Å². The first-order valence-corrected chi connectivity index (χ1v) is 6.74. The van der Waals surface area contributed by atoms with Crippen molar-refractivity contribution in [3.8, 4) is 5.75 Å². The molecule has 0 spiro atoms. The lowest BCUT2D eigenvalue weighted by Gasteiger charge is -2.11. The standard InChI is InChI=1S/C15H21N3O2/c1-4-16-10-12-5-6-14(20-3)13(9-12)11-18-8-7-17(2)15(18)19/h5-9,16H,4,10-11H2,1-3H3. The number of benzene rings is 1. The van der Waals surface area contributed by atoms with Gasteiger partial charge in [0, 0.05) is 31.5 Å². The van der Waals surface area contributed by atoms with Crippen LogP contribution < -0.4 is 15.7 Å². The predicted octanol–water partition coefficient (Wildman–Crippen LogP) is 1.35. The van der Waals surface area contributed by atoms with E-state index in [0.717, 1.165) is 24.4 Å². The molecule has 0 aliphatic carbocycles. The Balaban J connectivity index is 2.28. The van der Waals surface area contributed by atoms with E-state index < -0.39 is 0 Å². The van der Waals surface area contributed by atoms with Crippen LogP contribution in [0.2, 0.25) is 0 Å². The molecule has 1 N–H and O–H groups in total. The first-order chi connectivity index (χ1) is 9.65. The average Bonchev–Trinajstić information content (AvgIpc) is 2.77. The van der Waals surface area contributed by atoms with Gasteiger partial charge < -0.3 is 14.6 Å². The summed E-state index contributed by atoms with van der Waals surface area (Å²) >= 11 is 0. The molecule has 5 nitrogen and oxygen atoms in total. The molecule has 1 aromatic heterocycles. The van der Waals surface area contributed by atoms with Crippen molar-refractivity contribution in [3.63, 3.8) is 0 Å². The summed E-state index contributed by atoms with van der Waals surface area (Å²) in [5, 5.41) is 3.30. The van der Waals surface area contributed by atoms with Gasteiger partial charge >= 0.3 is 5.69 Å². The maximum absolute atomic E-state index is 11.9. The number of nitrogens with one attached hydrogen (secondary N) is 1. The van der Waals surface area contributed by atoms with Crippen LogP contribution >= 0.6 is 0 Å². The fraction of sp³-hybridized carbons (Fsp3) is 0.400. The van der Waals surface area contributed by atoms with Gasteiger partial charge in [0.25, 0.3) is 0 Å². The van der Waals surface area contributed by atoms with E-state index in [1.54, 1.807) is 35.7 Å². The summed E-state index contributed by atoms with van der Waals surface area (Å²) in [4.78, 5) is 11.9. The van der Waals surface area contributed by atoms with Crippen LogP contribution in [-0.2, 0) is 20.1 Å². The molecule has 108 valence electrons. The van der Waals surface area contributed by atoms with Gasteiger partial charge in [-0.05, 0) is 24.2 Å². The highest BCUT2D eigenvalue weighted by atomic mass is 16.5. The monoisotopic (exact) mass is 275 g/mol. The Morgan fingerprint density at radius 2 is 2.10 bits per heavy atom. The van der Waals surface area contributed by atoms with Crippen LogP contribution in [0.15, 0.2) is 35.4 Å². The molecule has 20 heavy (non-hydrogen) atoms. The molecular weight excluding hydrogens is 254 g/mol. The van der Waals surface area contributed by atoms with E-state index in [1.165, 1.54) is 5.56 Å². The van der Waals surface area contributed by atoms with Crippen LogP contribution in [0.25, 0.3) is 0 Å². The van der Waals surface area contributed by atoms with E-state index in [0.29, 0.717) is 6.54 Å². The summed E-state index contributed by atoms with van der Waals surface area (Å²) in [7, 11) is 3.40. The molecule has 0 aliphatic heterocycles. The third-order valence-corrected chi connectivity index (χ3v) is 3.28. The molecule has 1 heterocycles. The molecule has 5 heteroatoms. The molecule has 0 bridgehead atoms. The molecule has 0 fully saturated rings. The number of ether oxygens (including phenoxy) is 1. The normalized spacial score (nSPS) is 10.8. The Morgan fingerprint density at radius 1 is 1.30 bits per heavy atom. The quantitative estimate of drug-likeness (QED) is 0.866. The SMILES string of the molecule is CCNCc1ccc(OC)c(Cn2ccn(C)c2=O)c1. The summed E-state index contributed by atoms with van der Waals surface area (Å²) in [6, 6.07) is 6.08. The Morgan fingerprint density at radius 3 is 2.70 bits per heavy atom. The van der Waals surface area contributed by atoms with Crippen LogP contribution in [0, 0.1) is 0 Å². The van der Waals surface area contributed by atoms with Crippen molar-refractivity contribution < 1.29 is 4.74 Å². The van der Waals surface area contributed by atoms with E-state index in [4.69, 9.17) is 4.74 Å². The molecule has 0 unspecified atom stereocenters. The van der Waals surface area contributed by atoms with E-state index in [-0.39, 0.29) is 5.69 Å². The molecule has 0 saturated heterocycles. The van der Waals surface area contributed by atoms with Crippen molar-refractivity contribution in [2.24, 2.45) is 7.05 Å². The van der Waals surface area contributed by atoms with Gasteiger partial charge in [0.15, 0.2) is 0 Å². The lowest BCUT2D eigenvalue weighted by Crippen LogP contribution is -2.22. The maximum Gasteiger partial charge on any atom is 0.328 e. The molecule has 0 radical (unpaired) electrons. The van der Waals surface area contributed by atoms with E-state index in [2.05, 4.69) is 18.3 Å². The molecule has 1 aromatic carbocycles.